The Morgan fingerprint density at radius 1 is 1.29 bits per heavy atom. The van der Waals surface area contributed by atoms with Gasteiger partial charge in [-0.3, -0.25) is 4.68 Å². The minimum absolute atomic E-state index is 0.514. The van der Waals surface area contributed by atoms with Crippen molar-refractivity contribution < 1.29 is 0 Å². The molecule has 2 aliphatic carbocycles. The van der Waals surface area contributed by atoms with Gasteiger partial charge in [-0.25, -0.2) is 0 Å². The zero-order chi connectivity index (χ0) is 14.8. The number of aromatic nitrogens is 2. The molecule has 0 aliphatic heterocycles. The number of hydrogen-bond donors (Lipinski definition) is 1. The fraction of sp³-hybridized carbons (Fsp3) is 0.833. The highest BCUT2D eigenvalue weighted by molar-refractivity contribution is 5.10. The van der Waals surface area contributed by atoms with Crippen LogP contribution < -0.4 is 5.32 Å². The number of hydrogen-bond acceptors (Lipinski definition) is 2. The Kier molecular flexibility index (Phi) is 4.68. The topological polar surface area (TPSA) is 29.9 Å². The van der Waals surface area contributed by atoms with Gasteiger partial charge in [0, 0.05) is 24.7 Å². The van der Waals surface area contributed by atoms with Crippen molar-refractivity contribution in [2.24, 2.45) is 17.8 Å². The van der Waals surface area contributed by atoms with Crippen LogP contribution in [0.1, 0.15) is 64.6 Å². The van der Waals surface area contributed by atoms with Gasteiger partial charge in [-0.1, -0.05) is 26.7 Å². The van der Waals surface area contributed by atoms with Crippen LogP contribution in [-0.2, 0) is 6.42 Å². The first kappa shape index (κ1) is 15.1. The van der Waals surface area contributed by atoms with Crippen LogP contribution in [0.25, 0.3) is 0 Å². The Morgan fingerprint density at radius 3 is 2.62 bits per heavy atom. The van der Waals surface area contributed by atoms with Crippen LogP contribution in [0.3, 0.4) is 0 Å². The summed E-state index contributed by atoms with van der Waals surface area (Å²) < 4.78 is 2.14. The molecule has 3 heteroatoms. The van der Waals surface area contributed by atoms with E-state index in [1.807, 2.05) is 0 Å². The monoisotopic (exact) mass is 289 g/mol. The summed E-state index contributed by atoms with van der Waals surface area (Å²) >= 11 is 0. The predicted octanol–water partition coefficient (Wildman–Crippen LogP) is 3.81. The van der Waals surface area contributed by atoms with Gasteiger partial charge in [0.05, 0.1) is 5.69 Å². The Labute approximate surface area is 129 Å². The highest BCUT2D eigenvalue weighted by Gasteiger charge is 2.53. The Morgan fingerprint density at radius 2 is 2.00 bits per heavy atom. The second-order valence-corrected chi connectivity index (χ2v) is 7.10. The van der Waals surface area contributed by atoms with Crippen LogP contribution >= 0.6 is 0 Å². The molecular weight excluding hydrogens is 258 g/mol. The van der Waals surface area contributed by atoms with E-state index in [0.717, 1.165) is 37.1 Å². The summed E-state index contributed by atoms with van der Waals surface area (Å²) in [5, 5.41) is 8.56. The third kappa shape index (κ3) is 3.18. The number of nitrogens with zero attached hydrogens (tertiary/aromatic N) is 2. The van der Waals surface area contributed by atoms with Crippen LogP contribution in [0, 0.1) is 17.8 Å². The maximum atomic E-state index is 4.81. The molecule has 0 radical (unpaired) electrons. The lowest BCUT2D eigenvalue weighted by molar-refractivity contribution is 0.425. The molecule has 2 fully saturated rings. The maximum Gasteiger partial charge on any atom is 0.0640 e. The molecule has 0 bridgehead atoms. The molecule has 21 heavy (non-hydrogen) atoms. The van der Waals surface area contributed by atoms with Gasteiger partial charge in [-0.15, -0.1) is 0 Å². The molecule has 1 aromatic rings. The summed E-state index contributed by atoms with van der Waals surface area (Å²) in [5.74, 6) is 2.94. The van der Waals surface area contributed by atoms with Crippen molar-refractivity contribution in [2.75, 3.05) is 6.54 Å². The van der Waals surface area contributed by atoms with Gasteiger partial charge in [0.25, 0.3) is 0 Å². The van der Waals surface area contributed by atoms with Gasteiger partial charge in [0.1, 0.15) is 0 Å². The van der Waals surface area contributed by atoms with Crippen LogP contribution in [0.5, 0.6) is 0 Å². The van der Waals surface area contributed by atoms with Crippen LogP contribution in [0.15, 0.2) is 12.3 Å². The van der Waals surface area contributed by atoms with Crippen LogP contribution in [0.2, 0.25) is 0 Å². The quantitative estimate of drug-likeness (QED) is 0.827. The van der Waals surface area contributed by atoms with Crippen molar-refractivity contribution >= 4 is 0 Å². The minimum atomic E-state index is 0.514. The Balaban J connectivity index is 1.64. The zero-order valence-electron chi connectivity index (χ0n) is 13.9. The number of fused-ring (bicyclic) bond motifs is 1. The summed E-state index contributed by atoms with van der Waals surface area (Å²) in [6.07, 6.45) is 10.3. The molecule has 0 aromatic carbocycles. The summed E-state index contributed by atoms with van der Waals surface area (Å²) in [7, 11) is 0. The predicted molar refractivity (Wildman–Crippen MR) is 87.3 cm³/mol. The summed E-state index contributed by atoms with van der Waals surface area (Å²) in [6, 6.07) is 3.38. The minimum Gasteiger partial charge on any atom is -0.314 e. The van der Waals surface area contributed by atoms with Gasteiger partial charge in [-0.2, -0.15) is 5.10 Å². The van der Waals surface area contributed by atoms with E-state index in [4.69, 9.17) is 5.10 Å². The van der Waals surface area contributed by atoms with Gasteiger partial charge in [0.2, 0.25) is 0 Å². The molecule has 0 spiro atoms. The van der Waals surface area contributed by atoms with Crippen LogP contribution in [0.4, 0.5) is 0 Å². The Bertz CT molecular complexity index is 441. The summed E-state index contributed by atoms with van der Waals surface area (Å²) in [4.78, 5) is 0. The SMILES string of the molecule is CCNC(Cc1ccn(C(C)CC)n1)C1C2CCCCC21. The van der Waals surface area contributed by atoms with E-state index >= 15 is 0 Å². The van der Waals surface area contributed by atoms with E-state index < -0.39 is 0 Å². The second-order valence-electron chi connectivity index (χ2n) is 7.10. The first-order valence-electron chi connectivity index (χ1n) is 9.02. The molecule has 4 unspecified atom stereocenters. The molecule has 3 nitrogen and oxygen atoms in total. The number of likely N-dealkylation sites (N-methyl/N-ethyl adjacent to an activating group) is 1. The third-order valence-corrected chi connectivity index (χ3v) is 5.79. The third-order valence-electron chi connectivity index (χ3n) is 5.79. The van der Waals surface area contributed by atoms with Crippen molar-refractivity contribution in [1.82, 2.24) is 15.1 Å². The largest absolute Gasteiger partial charge is 0.314 e. The van der Waals surface area contributed by atoms with E-state index in [2.05, 4.69) is 43.0 Å². The number of rotatable bonds is 7. The van der Waals surface area contributed by atoms with Gasteiger partial charge >= 0.3 is 0 Å². The molecule has 0 saturated heterocycles. The Hall–Kier alpha value is -0.830. The van der Waals surface area contributed by atoms with Crippen LogP contribution in [-0.4, -0.2) is 22.4 Å². The highest BCUT2D eigenvalue weighted by atomic mass is 15.3. The van der Waals surface area contributed by atoms with Gasteiger partial charge < -0.3 is 5.32 Å². The smallest absolute Gasteiger partial charge is 0.0640 e. The van der Waals surface area contributed by atoms with E-state index in [9.17, 15) is 0 Å². The van der Waals surface area contributed by atoms with Gasteiger partial charge in [-0.05, 0) is 56.6 Å². The van der Waals surface area contributed by atoms with E-state index in [0.29, 0.717) is 12.1 Å². The molecule has 2 saturated carbocycles. The lowest BCUT2D eigenvalue weighted by atomic mass is 10.0. The van der Waals surface area contributed by atoms with E-state index in [1.165, 1.54) is 31.4 Å². The standard InChI is InChI=1S/C18H31N3/c1-4-13(3)21-11-10-14(20-21)12-17(19-5-2)18-15-8-6-7-9-16(15)18/h10-11,13,15-19H,4-9,12H2,1-3H3. The van der Waals surface area contributed by atoms with Crippen molar-refractivity contribution in [2.45, 2.75) is 71.4 Å². The summed E-state index contributed by atoms with van der Waals surface area (Å²) in [6.45, 7) is 7.78. The lowest BCUT2D eigenvalue weighted by Gasteiger charge is -2.17. The van der Waals surface area contributed by atoms with Gasteiger partial charge in [0.15, 0.2) is 0 Å². The molecule has 3 rings (SSSR count). The lowest BCUT2D eigenvalue weighted by Crippen LogP contribution is -2.34. The second kappa shape index (κ2) is 6.51. The molecule has 1 aromatic heterocycles. The fourth-order valence-corrected chi connectivity index (χ4v) is 4.40. The molecule has 1 heterocycles. The molecule has 118 valence electrons. The molecule has 4 atom stereocenters. The molecule has 2 aliphatic rings. The van der Waals surface area contributed by atoms with E-state index in [1.54, 1.807) is 0 Å². The average Bonchev–Trinajstić information content (AvgIpc) is 3.05. The van der Waals surface area contributed by atoms with Crippen molar-refractivity contribution in [3.63, 3.8) is 0 Å². The first-order valence-corrected chi connectivity index (χ1v) is 9.02. The zero-order valence-corrected chi connectivity index (χ0v) is 13.9. The first-order chi connectivity index (χ1) is 10.2. The van der Waals surface area contributed by atoms with Crippen molar-refractivity contribution in [3.8, 4) is 0 Å². The van der Waals surface area contributed by atoms with E-state index in [-0.39, 0.29) is 0 Å². The maximum absolute atomic E-state index is 4.81. The molecule has 0 amide bonds. The average molecular weight is 289 g/mol. The molecule has 1 N–H and O–H groups in total. The summed E-state index contributed by atoms with van der Waals surface area (Å²) in [5.41, 5.74) is 1.27. The number of nitrogens with one attached hydrogen (secondary N) is 1. The molecular formula is C18H31N3. The van der Waals surface area contributed by atoms with Crippen molar-refractivity contribution in [1.29, 1.82) is 0 Å². The normalized spacial score (nSPS) is 30.7. The highest BCUT2D eigenvalue weighted by Crippen LogP contribution is 2.57. The van der Waals surface area contributed by atoms with Crippen molar-refractivity contribution in [3.05, 3.63) is 18.0 Å². The fourth-order valence-electron chi connectivity index (χ4n) is 4.40.